The predicted octanol–water partition coefficient (Wildman–Crippen LogP) is -0.663. The lowest BCUT2D eigenvalue weighted by Gasteiger charge is -2.21. The average molecular weight is 216 g/mol. The minimum atomic E-state index is -3.90. The zero-order valence-electron chi connectivity index (χ0n) is 7.36. The lowest BCUT2D eigenvalue weighted by molar-refractivity contribution is 0.142. The molecule has 0 atom stereocenters. The van der Waals surface area contributed by atoms with Crippen LogP contribution in [0.2, 0.25) is 0 Å². The van der Waals surface area contributed by atoms with E-state index in [4.69, 9.17) is 0 Å². The Labute approximate surface area is 72.5 Å². The van der Waals surface area contributed by atoms with Gasteiger partial charge in [0.1, 0.15) is 0 Å². The van der Waals surface area contributed by atoms with Crippen molar-refractivity contribution in [1.82, 2.24) is 0 Å². The molecule has 0 bridgehead atoms. The van der Waals surface area contributed by atoms with Gasteiger partial charge < -0.3 is 13.3 Å². The summed E-state index contributed by atoms with van der Waals surface area (Å²) in [7, 11) is -3.00. The predicted molar refractivity (Wildman–Crippen MR) is 42.7 cm³/mol. The molecule has 74 valence electrons. The second-order valence-electron chi connectivity index (χ2n) is 1.73. The number of rotatable bonds is 5. The van der Waals surface area contributed by atoms with E-state index in [1.807, 2.05) is 0 Å². The lowest BCUT2D eigenvalue weighted by Crippen LogP contribution is -2.51. The quantitative estimate of drug-likeness (QED) is 0.568. The van der Waals surface area contributed by atoms with Gasteiger partial charge in [-0.3, -0.25) is 4.18 Å². The molecule has 0 aliphatic rings. The van der Waals surface area contributed by atoms with Crippen molar-refractivity contribution < 1.29 is 25.9 Å². The molecule has 0 amide bonds. The second-order valence-corrected chi connectivity index (χ2v) is 8.20. The highest BCUT2D eigenvalue weighted by Gasteiger charge is 2.55. The van der Waals surface area contributed by atoms with E-state index >= 15 is 0 Å². The first kappa shape index (κ1) is 12.0. The molecule has 0 heterocycles. The zero-order valence-corrected chi connectivity index (χ0v) is 9.17. The van der Waals surface area contributed by atoms with Crippen molar-refractivity contribution in [3.63, 3.8) is 0 Å². The van der Waals surface area contributed by atoms with Crippen molar-refractivity contribution in [3.8, 4) is 0 Å². The van der Waals surface area contributed by atoms with E-state index in [0.717, 1.165) is 7.11 Å². The van der Waals surface area contributed by atoms with E-state index in [9.17, 15) is 8.42 Å². The summed E-state index contributed by atoms with van der Waals surface area (Å²) in [5.41, 5.74) is 0. The van der Waals surface area contributed by atoms with Gasteiger partial charge in [0.05, 0.1) is 7.11 Å². The van der Waals surface area contributed by atoms with Gasteiger partial charge in [-0.25, -0.2) is 0 Å². The molecular formula is C4H12O6SSi. The highest BCUT2D eigenvalue weighted by atomic mass is 32.4. The lowest BCUT2D eigenvalue weighted by atomic mass is 11.8. The van der Waals surface area contributed by atoms with Crippen LogP contribution in [0.15, 0.2) is 0 Å². The molecule has 0 spiro atoms. The van der Waals surface area contributed by atoms with Crippen LogP contribution in [0.3, 0.4) is 0 Å². The van der Waals surface area contributed by atoms with Crippen LogP contribution >= 0.6 is 0 Å². The first-order chi connectivity index (χ1) is 5.49. The van der Waals surface area contributed by atoms with Gasteiger partial charge in [0.25, 0.3) is 0 Å². The first-order valence-electron chi connectivity index (χ1n) is 2.95. The van der Waals surface area contributed by atoms with Gasteiger partial charge in [-0.1, -0.05) is 0 Å². The Balaban J connectivity index is 4.97. The monoisotopic (exact) mass is 216 g/mol. The van der Waals surface area contributed by atoms with Crippen LogP contribution in [0.4, 0.5) is 0 Å². The van der Waals surface area contributed by atoms with Crippen LogP contribution in [0.25, 0.3) is 0 Å². The Bertz CT molecular complexity index is 211. The van der Waals surface area contributed by atoms with Crippen molar-refractivity contribution in [3.05, 3.63) is 0 Å². The topological polar surface area (TPSA) is 71.1 Å². The maximum Gasteiger partial charge on any atom is 0.666 e. The van der Waals surface area contributed by atoms with Crippen molar-refractivity contribution in [2.75, 3.05) is 28.4 Å². The van der Waals surface area contributed by atoms with E-state index in [1.165, 1.54) is 21.3 Å². The van der Waals surface area contributed by atoms with Crippen molar-refractivity contribution >= 4 is 17.5 Å². The molecule has 0 N–H and O–H groups in total. The molecule has 0 fully saturated rings. The van der Waals surface area contributed by atoms with E-state index in [-0.39, 0.29) is 0 Å². The Morgan fingerprint density at radius 3 is 1.33 bits per heavy atom. The molecule has 0 saturated carbocycles. The highest BCUT2D eigenvalue weighted by molar-refractivity contribution is 8.16. The van der Waals surface area contributed by atoms with Crippen LogP contribution in [-0.2, 0) is 27.0 Å². The minimum Gasteiger partial charge on any atom is -0.364 e. The molecular weight excluding hydrogens is 204 g/mol. The molecule has 0 aromatic carbocycles. The fourth-order valence-corrected chi connectivity index (χ4v) is 4.42. The highest BCUT2D eigenvalue weighted by Crippen LogP contribution is 2.15. The van der Waals surface area contributed by atoms with E-state index < -0.39 is 17.5 Å². The van der Waals surface area contributed by atoms with E-state index in [2.05, 4.69) is 17.5 Å². The van der Waals surface area contributed by atoms with Crippen molar-refractivity contribution in [2.24, 2.45) is 0 Å². The maximum absolute atomic E-state index is 11.2. The Morgan fingerprint density at radius 2 is 1.25 bits per heavy atom. The fourth-order valence-electron chi connectivity index (χ4n) is 0.658. The summed E-state index contributed by atoms with van der Waals surface area (Å²) in [6, 6.07) is 0. The second kappa shape index (κ2) is 4.30. The largest absolute Gasteiger partial charge is 0.666 e. The SMILES string of the molecule is CO[Si](OC)(OC)S(=O)(=O)OC. The molecule has 0 aliphatic heterocycles. The molecule has 0 aromatic heterocycles. The average Bonchev–Trinajstić information content (AvgIpc) is 2.08. The third kappa shape index (κ3) is 1.84. The standard InChI is InChI=1S/C4H12O6SSi/c1-7-11(5,6)12(8-2,9-3)10-4/h1-4H3. The van der Waals surface area contributed by atoms with Crippen molar-refractivity contribution in [2.45, 2.75) is 0 Å². The van der Waals surface area contributed by atoms with Crippen molar-refractivity contribution in [1.29, 1.82) is 0 Å². The smallest absolute Gasteiger partial charge is 0.364 e. The molecule has 0 saturated heterocycles. The summed E-state index contributed by atoms with van der Waals surface area (Å²) in [6.45, 7) is 0. The van der Waals surface area contributed by atoms with Gasteiger partial charge in [0.2, 0.25) is 0 Å². The zero-order chi connectivity index (χ0) is 9.83. The Kier molecular flexibility index (Phi) is 4.30. The molecule has 0 aromatic rings. The fraction of sp³-hybridized carbons (Fsp3) is 1.00. The Morgan fingerprint density at radius 1 is 0.917 bits per heavy atom. The third-order valence-corrected chi connectivity index (χ3v) is 7.66. The van der Waals surface area contributed by atoms with Crippen LogP contribution in [-0.4, -0.2) is 44.8 Å². The summed E-state index contributed by atoms with van der Waals surface area (Å²) in [4.78, 5) is 0. The van der Waals surface area contributed by atoms with Crippen LogP contribution < -0.4 is 0 Å². The number of hydrogen-bond acceptors (Lipinski definition) is 6. The van der Waals surface area contributed by atoms with Gasteiger partial charge in [-0.05, 0) is 0 Å². The van der Waals surface area contributed by atoms with Gasteiger partial charge in [-0.2, -0.15) is 8.42 Å². The van der Waals surface area contributed by atoms with Crippen LogP contribution in [0, 0.1) is 0 Å². The van der Waals surface area contributed by atoms with Gasteiger partial charge in [0, 0.05) is 21.3 Å². The summed E-state index contributed by atoms with van der Waals surface area (Å²) in [5.74, 6) is 0. The minimum absolute atomic E-state index is 1.02. The summed E-state index contributed by atoms with van der Waals surface area (Å²) in [6.07, 6.45) is 0. The summed E-state index contributed by atoms with van der Waals surface area (Å²) < 4.78 is 40.6. The van der Waals surface area contributed by atoms with Gasteiger partial charge in [0.15, 0.2) is 0 Å². The number of hydrogen-bond donors (Lipinski definition) is 0. The molecule has 0 unspecified atom stereocenters. The summed E-state index contributed by atoms with van der Waals surface area (Å²) in [5, 5.41) is 0. The van der Waals surface area contributed by atoms with Crippen LogP contribution in [0.5, 0.6) is 0 Å². The van der Waals surface area contributed by atoms with Gasteiger partial charge >= 0.3 is 17.5 Å². The third-order valence-electron chi connectivity index (χ3n) is 1.28. The molecule has 0 rings (SSSR count). The summed E-state index contributed by atoms with van der Waals surface area (Å²) >= 11 is 0. The van der Waals surface area contributed by atoms with Gasteiger partial charge in [-0.15, -0.1) is 0 Å². The van der Waals surface area contributed by atoms with E-state index in [1.54, 1.807) is 0 Å². The Hall–Kier alpha value is 0.00688. The molecule has 6 nitrogen and oxygen atoms in total. The molecule has 0 radical (unpaired) electrons. The maximum atomic E-state index is 11.2. The molecule has 8 heteroatoms. The molecule has 12 heavy (non-hydrogen) atoms. The normalized spacial score (nSPS) is 13.3. The van der Waals surface area contributed by atoms with E-state index in [0.29, 0.717) is 0 Å². The molecule has 0 aliphatic carbocycles. The first-order valence-corrected chi connectivity index (χ1v) is 6.81. The van der Waals surface area contributed by atoms with Crippen LogP contribution in [0.1, 0.15) is 0 Å².